The minimum Gasteiger partial charge on any atom is -0.382 e. The van der Waals surface area contributed by atoms with Crippen molar-refractivity contribution in [3.8, 4) is 33.1 Å². The van der Waals surface area contributed by atoms with E-state index < -0.39 is 0 Å². The van der Waals surface area contributed by atoms with Gasteiger partial charge in [0.05, 0.1) is 17.0 Å². The lowest BCUT2D eigenvalue weighted by Crippen LogP contribution is -2.05. The average Bonchev–Trinajstić information content (AvgIpc) is 3.40. The molecule has 6 nitrogen and oxygen atoms in total. The molecule has 5 aromatic rings. The number of anilines is 1. The fourth-order valence-electron chi connectivity index (χ4n) is 3.40. The maximum absolute atomic E-state index is 6.48. The highest BCUT2D eigenvalue weighted by Crippen LogP contribution is 2.34. The van der Waals surface area contributed by atoms with Crippen molar-refractivity contribution in [3.63, 3.8) is 0 Å². The Bertz CT molecular complexity index is 1340. The summed E-state index contributed by atoms with van der Waals surface area (Å²) in [4.78, 5) is 4.71. The lowest BCUT2D eigenvalue weighted by Gasteiger charge is -2.04. The number of aryl methyl sites for hydroxylation is 1. The lowest BCUT2D eigenvalue weighted by atomic mass is 10.0. The van der Waals surface area contributed by atoms with Crippen LogP contribution in [0.15, 0.2) is 60.0 Å². The molecule has 0 unspecified atom stereocenters. The maximum atomic E-state index is 6.48. The second-order valence-corrected chi connectivity index (χ2v) is 8.05. The molecular weight excluding hydrogens is 416 g/mol. The van der Waals surface area contributed by atoms with E-state index in [1.807, 2.05) is 60.0 Å². The van der Waals surface area contributed by atoms with Crippen molar-refractivity contribution in [1.29, 1.82) is 0 Å². The highest BCUT2D eigenvalue weighted by atomic mass is 35.5. The SMILES string of the molecule is CCc1nn2c(N)c(-c3nc(-c4ccc(Cl)cc4)cs3)nnc2c1-c1ccccc1. The normalized spacial score (nSPS) is 11.3. The molecule has 5 rings (SSSR count). The zero-order chi connectivity index (χ0) is 20.7. The minimum atomic E-state index is 0.425. The molecule has 0 fully saturated rings. The standard InChI is InChI=1S/C22H17ClN6S/c1-2-16-18(14-6-4-3-5-7-14)21-27-26-19(20(24)29(21)28-16)22-25-17(12-30-22)13-8-10-15(23)11-9-13/h3-12H,2,24H2,1H3. The van der Waals surface area contributed by atoms with Gasteiger partial charge in [-0.15, -0.1) is 21.5 Å². The molecule has 8 heteroatoms. The second kappa shape index (κ2) is 7.51. The number of thiazole rings is 1. The van der Waals surface area contributed by atoms with Crippen LogP contribution >= 0.6 is 22.9 Å². The summed E-state index contributed by atoms with van der Waals surface area (Å²) in [7, 11) is 0. The van der Waals surface area contributed by atoms with Gasteiger partial charge in [0.1, 0.15) is 5.01 Å². The molecule has 0 saturated carbocycles. The summed E-state index contributed by atoms with van der Waals surface area (Å²) in [5, 5.41) is 17.0. The Labute approximate surface area is 182 Å². The van der Waals surface area contributed by atoms with Crippen LogP contribution in [-0.4, -0.2) is 24.8 Å². The van der Waals surface area contributed by atoms with Crippen LogP contribution in [0.1, 0.15) is 12.6 Å². The Morgan fingerprint density at radius 1 is 1.00 bits per heavy atom. The molecule has 148 valence electrons. The van der Waals surface area contributed by atoms with Crippen molar-refractivity contribution >= 4 is 34.4 Å². The molecule has 30 heavy (non-hydrogen) atoms. The van der Waals surface area contributed by atoms with Gasteiger partial charge < -0.3 is 5.73 Å². The van der Waals surface area contributed by atoms with E-state index in [4.69, 9.17) is 27.4 Å². The molecule has 0 aliphatic heterocycles. The first-order valence-corrected chi connectivity index (χ1v) is 10.7. The van der Waals surface area contributed by atoms with Crippen LogP contribution < -0.4 is 5.73 Å². The van der Waals surface area contributed by atoms with E-state index in [1.54, 1.807) is 4.52 Å². The summed E-state index contributed by atoms with van der Waals surface area (Å²) < 4.78 is 1.67. The van der Waals surface area contributed by atoms with Crippen molar-refractivity contribution in [2.45, 2.75) is 13.3 Å². The van der Waals surface area contributed by atoms with Crippen LogP contribution in [0.25, 0.3) is 38.7 Å². The third-order valence-electron chi connectivity index (χ3n) is 4.89. The molecule has 2 N–H and O–H groups in total. The molecule has 2 aromatic carbocycles. The van der Waals surface area contributed by atoms with E-state index in [-0.39, 0.29) is 0 Å². The van der Waals surface area contributed by atoms with Crippen LogP contribution in [0.5, 0.6) is 0 Å². The van der Waals surface area contributed by atoms with Crippen LogP contribution in [-0.2, 0) is 6.42 Å². The molecule has 0 spiro atoms. The van der Waals surface area contributed by atoms with Gasteiger partial charge in [0.15, 0.2) is 17.2 Å². The third kappa shape index (κ3) is 3.12. The average molecular weight is 433 g/mol. The molecular formula is C22H17ClN6S. The molecule has 0 aliphatic carbocycles. The van der Waals surface area contributed by atoms with Crippen molar-refractivity contribution in [3.05, 3.63) is 70.7 Å². The Morgan fingerprint density at radius 2 is 1.77 bits per heavy atom. The Morgan fingerprint density at radius 3 is 2.50 bits per heavy atom. The highest BCUT2D eigenvalue weighted by Gasteiger charge is 2.20. The van der Waals surface area contributed by atoms with E-state index in [2.05, 4.69) is 17.1 Å². The second-order valence-electron chi connectivity index (χ2n) is 6.76. The number of hydrogen-bond donors (Lipinski definition) is 1. The number of benzene rings is 2. The van der Waals surface area contributed by atoms with E-state index >= 15 is 0 Å². The van der Waals surface area contributed by atoms with E-state index in [0.717, 1.165) is 34.5 Å². The summed E-state index contributed by atoms with van der Waals surface area (Å²) >= 11 is 7.45. The molecule has 3 heterocycles. The van der Waals surface area contributed by atoms with Crippen LogP contribution in [0.2, 0.25) is 5.02 Å². The molecule has 0 radical (unpaired) electrons. The number of hydrogen-bond acceptors (Lipinski definition) is 6. The number of nitrogens with zero attached hydrogens (tertiary/aromatic N) is 5. The summed E-state index contributed by atoms with van der Waals surface area (Å²) in [6, 6.07) is 17.6. The predicted molar refractivity (Wildman–Crippen MR) is 122 cm³/mol. The van der Waals surface area contributed by atoms with E-state index in [9.17, 15) is 0 Å². The predicted octanol–water partition coefficient (Wildman–Crippen LogP) is 5.38. The number of nitrogen functional groups attached to an aromatic ring is 1. The van der Waals surface area contributed by atoms with Crippen molar-refractivity contribution in [2.75, 3.05) is 5.73 Å². The monoisotopic (exact) mass is 432 g/mol. The molecule has 3 aromatic heterocycles. The van der Waals surface area contributed by atoms with Gasteiger partial charge in [-0.3, -0.25) is 0 Å². The first-order valence-electron chi connectivity index (χ1n) is 9.46. The number of aromatic nitrogens is 5. The first-order chi connectivity index (χ1) is 14.7. The van der Waals surface area contributed by atoms with Gasteiger partial charge in [0.2, 0.25) is 0 Å². The molecule has 0 amide bonds. The first kappa shape index (κ1) is 18.7. The van der Waals surface area contributed by atoms with Crippen molar-refractivity contribution in [1.82, 2.24) is 24.8 Å². The Hall–Kier alpha value is -3.29. The fraction of sp³-hybridized carbons (Fsp3) is 0.0909. The zero-order valence-corrected chi connectivity index (χ0v) is 17.7. The van der Waals surface area contributed by atoms with Gasteiger partial charge in [-0.05, 0) is 24.1 Å². The Balaban J connectivity index is 1.62. The maximum Gasteiger partial charge on any atom is 0.187 e. The summed E-state index contributed by atoms with van der Waals surface area (Å²) in [5.41, 5.74) is 12.4. The summed E-state index contributed by atoms with van der Waals surface area (Å²) in [6.45, 7) is 2.07. The topological polar surface area (TPSA) is 82.0 Å². The van der Waals surface area contributed by atoms with Crippen LogP contribution in [0.3, 0.4) is 0 Å². The molecule has 0 atom stereocenters. The van der Waals surface area contributed by atoms with Gasteiger partial charge in [-0.1, -0.05) is 61.0 Å². The largest absolute Gasteiger partial charge is 0.382 e. The number of fused-ring (bicyclic) bond motifs is 1. The van der Waals surface area contributed by atoms with E-state index in [0.29, 0.717) is 27.2 Å². The summed E-state index contributed by atoms with van der Waals surface area (Å²) in [5.74, 6) is 0.425. The molecule has 0 aliphatic rings. The number of nitrogens with two attached hydrogens (primary N) is 1. The van der Waals surface area contributed by atoms with Gasteiger partial charge >= 0.3 is 0 Å². The van der Waals surface area contributed by atoms with Gasteiger partial charge in [-0.25, -0.2) is 4.98 Å². The summed E-state index contributed by atoms with van der Waals surface area (Å²) in [6.07, 6.45) is 0.764. The minimum absolute atomic E-state index is 0.425. The van der Waals surface area contributed by atoms with Gasteiger partial charge in [0, 0.05) is 16.0 Å². The van der Waals surface area contributed by atoms with Gasteiger partial charge in [0.25, 0.3) is 0 Å². The fourth-order valence-corrected chi connectivity index (χ4v) is 4.34. The van der Waals surface area contributed by atoms with Gasteiger partial charge in [-0.2, -0.15) is 9.61 Å². The van der Waals surface area contributed by atoms with Crippen molar-refractivity contribution in [2.24, 2.45) is 0 Å². The smallest absolute Gasteiger partial charge is 0.187 e. The van der Waals surface area contributed by atoms with Crippen LogP contribution in [0.4, 0.5) is 5.82 Å². The zero-order valence-electron chi connectivity index (χ0n) is 16.1. The molecule has 0 bridgehead atoms. The Kier molecular flexibility index (Phi) is 4.69. The number of rotatable bonds is 4. The van der Waals surface area contributed by atoms with Crippen molar-refractivity contribution < 1.29 is 0 Å². The van der Waals surface area contributed by atoms with Crippen LogP contribution in [0, 0.1) is 0 Å². The molecule has 0 saturated heterocycles. The quantitative estimate of drug-likeness (QED) is 0.412. The van der Waals surface area contributed by atoms with E-state index in [1.165, 1.54) is 11.3 Å². The number of halogens is 1. The lowest BCUT2D eigenvalue weighted by molar-refractivity contribution is 0.872. The third-order valence-corrected chi connectivity index (χ3v) is 5.99. The highest BCUT2D eigenvalue weighted by molar-refractivity contribution is 7.13.